The van der Waals surface area contributed by atoms with Crippen LogP contribution in [0, 0.1) is 12.3 Å². The van der Waals surface area contributed by atoms with E-state index in [-0.39, 0.29) is 10.9 Å². The molecule has 0 atom stereocenters. The number of hydrogen-bond donors (Lipinski definition) is 1. The fraction of sp³-hybridized carbons (Fsp3) is 0.750. The normalized spacial score (nSPS) is 12.0. The van der Waals surface area contributed by atoms with Gasteiger partial charge in [0.1, 0.15) is 0 Å². The van der Waals surface area contributed by atoms with Crippen molar-refractivity contribution >= 4 is 14.2 Å². The molecule has 0 saturated carbocycles. The predicted molar refractivity (Wildman–Crippen MR) is 69.1 cm³/mol. The fourth-order valence-corrected chi connectivity index (χ4v) is 1.41. The van der Waals surface area contributed by atoms with E-state index in [9.17, 15) is 4.79 Å². The minimum Gasteiger partial charge on any atom is -0.320 e. The van der Waals surface area contributed by atoms with Gasteiger partial charge in [-0.3, -0.25) is 4.79 Å². The molecule has 92 valence electrons. The second-order valence-electron chi connectivity index (χ2n) is 5.45. The van der Waals surface area contributed by atoms with Gasteiger partial charge in [0.25, 0.3) is 0 Å². The number of terminal acetylenes is 1. The van der Waals surface area contributed by atoms with Crippen molar-refractivity contribution in [3.05, 3.63) is 0 Å². The maximum atomic E-state index is 11.4. The Kier molecular flexibility index (Phi) is 5.77. The summed E-state index contributed by atoms with van der Waals surface area (Å²) < 4.78 is 5.57. The van der Waals surface area contributed by atoms with Crippen LogP contribution in [0.15, 0.2) is 0 Å². The van der Waals surface area contributed by atoms with Gasteiger partial charge in [-0.2, -0.15) is 0 Å². The molecule has 0 saturated heterocycles. The van der Waals surface area contributed by atoms with Gasteiger partial charge in [0.05, 0.1) is 0 Å². The van der Waals surface area contributed by atoms with Crippen molar-refractivity contribution in [2.24, 2.45) is 0 Å². The van der Waals surface area contributed by atoms with E-state index >= 15 is 0 Å². The Labute approximate surface area is 100 Å². The average molecular weight is 241 g/mol. The van der Waals surface area contributed by atoms with Crippen LogP contribution < -0.4 is 5.48 Å². The zero-order valence-electron chi connectivity index (χ0n) is 11.0. The number of hydroxylamine groups is 1. The minimum atomic E-state index is -1.89. The predicted octanol–water partition coefficient (Wildman–Crippen LogP) is 2.84. The Bertz CT molecular complexity index is 274. The zero-order chi connectivity index (χ0) is 12.8. The third-order valence-corrected chi connectivity index (χ3v) is 7.18. The van der Waals surface area contributed by atoms with E-state index in [0.29, 0.717) is 19.3 Å². The first-order valence-electron chi connectivity index (χ1n) is 5.61. The molecule has 0 radical (unpaired) electrons. The van der Waals surface area contributed by atoms with Gasteiger partial charge in [0, 0.05) is 12.8 Å². The summed E-state index contributed by atoms with van der Waals surface area (Å²) in [6.45, 7) is 10.6. The number of amides is 1. The highest BCUT2D eigenvalue weighted by Gasteiger charge is 2.38. The number of unbranched alkanes of at least 4 members (excludes halogenated alkanes) is 1. The van der Waals surface area contributed by atoms with Crippen LogP contribution in [0.5, 0.6) is 0 Å². The lowest BCUT2D eigenvalue weighted by atomic mass is 10.2. The van der Waals surface area contributed by atoms with Crippen molar-refractivity contribution < 1.29 is 9.32 Å². The molecule has 3 nitrogen and oxygen atoms in total. The lowest BCUT2D eigenvalue weighted by Crippen LogP contribution is -2.46. The maximum Gasteiger partial charge on any atom is 0.242 e. The van der Waals surface area contributed by atoms with Gasteiger partial charge in [-0.1, -0.05) is 20.8 Å². The molecular formula is C12H23NO2Si. The summed E-state index contributed by atoms with van der Waals surface area (Å²) in [7, 11) is -1.89. The Balaban J connectivity index is 3.97. The number of carbonyl (C=O) groups excluding carboxylic acids is 1. The Morgan fingerprint density at radius 3 is 2.44 bits per heavy atom. The molecule has 0 unspecified atom stereocenters. The quantitative estimate of drug-likeness (QED) is 0.348. The van der Waals surface area contributed by atoms with Crippen LogP contribution >= 0.6 is 0 Å². The van der Waals surface area contributed by atoms with Gasteiger partial charge in [-0.25, -0.2) is 5.48 Å². The SMILES string of the molecule is C#CCCCC(=O)NO[Si](C)(C)C(C)(C)C. The first kappa shape index (κ1) is 15.2. The van der Waals surface area contributed by atoms with E-state index in [0.717, 1.165) is 0 Å². The molecule has 0 aromatic rings. The van der Waals surface area contributed by atoms with Crippen LogP contribution in [0.1, 0.15) is 40.0 Å². The molecule has 0 aliphatic carbocycles. The van der Waals surface area contributed by atoms with E-state index in [2.05, 4.69) is 45.3 Å². The highest BCUT2D eigenvalue weighted by Crippen LogP contribution is 2.35. The summed E-state index contributed by atoms with van der Waals surface area (Å²) in [4.78, 5) is 11.4. The van der Waals surface area contributed by atoms with Crippen molar-refractivity contribution in [3.63, 3.8) is 0 Å². The number of rotatable bonds is 5. The van der Waals surface area contributed by atoms with Gasteiger partial charge < -0.3 is 4.53 Å². The second-order valence-corrected chi connectivity index (χ2v) is 10.2. The standard InChI is InChI=1S/C12H23NO2Si/c1-7-8-9-10-11(14)13-15-16(5,6)12(2,3)4/h1H,8-10H2,2-6H3,(H,13,14). The molecule has 0 aliphatic heterocycles. The summed E-state index contributed by atoms with van der Waals surface area (Å²) in [5.74, 6) is 2.42. The number of carbonyl (C=O) groups is 1. The Morgan fingerprint density at radius 2 is 2.00 bits per heavy atom. The molecule has 4 heteroatoms. The van der Waals surface area contributed by atoms with Gasteiger partial charge in [-0.15, -0.1) is 12.3 Å². The Morgan fingerprint density at radius 1 is 1.44 bits per heavy atom. The van der Waals surface area contributed by atoms with E-state index in [4.69, 9.17) is 11.0 Å². The molecule has 0 bridgehead atoms. The molecule has 0 fully saturated rings. The zero-order valence-corrected chi connectivity index (χ0v) is 12.0. The van der Waals surface area contributed by atoms with Crippen LogP contribution in [-0.2, 0) is 9.32 Å². The van der Waals surface area contributed by atoms with Crippen LogP contribution in [-0.4, -0.2) is 14.2 Å². The second kappa shape index (κ2) is 6.07. The van der Waals surface area contributed by atoms with Crippen molar-refractivity contribution in [2.45, 2.75) is 58.2 Å². The third kappa shape index (κ3) is 5.33. The molecule has 1 N–H and O–H groups in total. The van der Waals surface area contributed by atoms with E-state index in [1.54, 1.807) is 0 Å². The van der Waals surface area contributed by atoms with Crippen molar-refractivity contribution in [1.29, 1.82) is 0 Å². The first-order valence-corrected chi connectivity index (χ1v) is 8.52. The monoisotopic (exact) mass is 241 g/mol. The molecular weight excluding hydrogens is 218 g/mol. The van der Waals surface area contributed by atoms with Gasteiger partial charge >= 0.3 is 0 Å². The van der Waals surface area contributed by atoms with Gasteiger partial charge in [-0.05, 0) is 24.6 Å². The molecule has 0 spiro atoms. The summed E-state index contributed by atoms with van der Waals surface area (Å²) >= 11 is 0. The molecule has 1 amide bonds. The van der Waals surface area contributed by atoms with Crippen molar-refractivity contribution in [1.82, 2.24) is 5.48 Å². The summed E-state index contributed by atoms with van der Waals surface area (Å²) in [5.41, 5.74) is 2.54. The third-order valence-electron chi connectivity index (χ3n) is 2.95. The summed E-state index contributed by atoms with van der Waals surface area (Å²) in [6, 6.07) is 0. The van der Waals surface area contributed by atoms with Crippen LogP contribution in [0.4, 0.5) is 0 Å². The van der Waals surface area contributed by atoms with Crippen molar-refractivity contribution in [2.75, 3.05) is 0 Å². The van der Waals surface area contributed by atoms with E-state index in [1.807, 2.05) is 0 Å². The molecule has 0 aromatic carbocycles. The molecule has 0 aliphatic rings. The van der Waals surface area contributed by atoms with Crippen LogP contribution in [0.3, 0.4) is 0 Å². The largest absolute Gasteiger partial charge is 0.320 e. The smallest absolute Gasteiger partial charge is 0.242 e. The lowest BCUT2D eigenvalue weighted by Gasteiger charge is -2.35. The summed E-state index contributed by atoms with van der Waals surface area (Å²) in [6.07, 6.45) is 6.88. The molecule has 0 rings (SSSR count). The molecule has 0 aromatic heterocycles. The Hall–Kier alpha value is -0.793. The highest BCUT2D eigenvalue weighted by molar-refractivity contribution is 6.74. The number of hydrogen-bond acceptors (Lipinski definition) is 2. The van der Waals surface area contributed by atoms with E-state index < -0.39 is 8.32 Å². The highest BCUT2D eigenvalue weighted by atomic mass is 28.4. The topological polar surface area (TPSA) is 38.3 Å². The summed E-state index contributed by atoms with van der Waals surface area (Å²) in [5, 5.41) is 0.0963. The van der Waals surface area contributed by atoms with Gasteiger partial charge in [0.15, 0.2) is 0 Å². The van der Waals surface area contributed by atoms with Crippen molar-refractivity contribution in [3.8, 4) is 12.3 Å². The minimum absolute atomic E-state index is 0.0833. The molecule has 16 heavy (non-hydrogen) atoms. The lowest BCUT2D eigenvalue weighted by molar-refractivity contribution is -0.128. The fourth-order valence-electron chi connectivity index (χ4n) is 0.740. The van der Waals surface area contributed by atoms with Crippen LogP contribution in [0.25, 0.3) is 0 Å². The maximum absolute atomic E-state index is 11.4. The van der Waals surface area contributed by atoms with E-state index in [1.165, 1.54) is 0 Å². The molecule has 0 heterocycles. The first-order chi connectivity index (χ1) is 7.20. The average Bonchev–Trinajstić information content (AvgIpc) is 2.13. The van der Waals surface area contributed by atoms with Crippen LogP contribution in [0.2, 0.25) is 18.1 Å². The number of nitrogens with one attached hydrogen (secondary N) is 1. The van der Waals surface area contributed by atoms with Gasteiger partial charge in [0.2, 0.25) is 14.2 Å².